The maximum absolute atomic E-state index is 11.8. The van der Waals surface area contributed by atoms with E-state index in [0.29, 0.717) is 17.4 Å². The van der Waals surface area contributed by atoms with E-state index < -0.39 is 6.04 Å². The fourth-order valence-corrected chi connectivity index (χ4v) is 1.76. The third-order valence-electron chi connectivity index (χ3n) is 2.59. The molecule has 1 unspecified atom stereocenters. The predicted octanol–water partition coefficient (Wildman–Crippen LogP) is 2.96. The molecular formula is C13H19ClN2O. The van der Waals surface area contributed by atoms with Gasteiger partial charge in [0.2, 0.25) is 5.91 Å². The average molecular weight is 255 g/mol. The zero-order chi connectivity index (χ0) is 13.0. The molecule has 94 valence electrons. The van der Waals surface area contributed by atoms with Crippen molar-refractivity contribution in [3.05, 3.63) is 28.8 Å². The molecule has 1 amide bonds. The quantitative estimate of drug-likeness (QED) is 0.868. The van der Waals surface area contributed by atoms with Gasteiger partial charge in [-0.1, -0.05) is 31.5 Å². The van der Waals surface area contributed by atoms with E-state index in [-0.39, 0.29) is 5.91 Å². The Morgan fingerprint density at radius 2 is 2.12 bits per heavy atom. The molecule has 0 bridgehead atoms. The van der Waals surface area contributed by atoms with Crippen LogP contribution < -0.4 is 11.1 Å². The van der Waals surface area contributed by atoms with Crippen molar-refractivity contribution in [2.24, 2.45) is 11.7 Å². The Balaban J connectivity index is 2.71. The maximum atomic E-state index is 11.8. The first-order chi connectivity index (χ1) is 7.91. The second-order valence-corrected chi connectivity index (χ2v) is 5.04. The molecule has 0 heterocycles. The number of hydrogen-bond donors (Lipinski definition) is 2. The lowest BCUT2D eigenvalue weighted by Gasteiger charge is -2.15. The Morgan fingerprint density at radius 3 is 2.71 bits per heavy atom. The van der Waals surface area contributed by atoms with Crippen LogP contribution in [0.4, 0.5) is 5.69 Å². The topological polar surface area (TPSA) is 55.1 Å². The average Bonchev–Trinajstić information content (AvgIpc) is 2.23. The number of anilines is 1. The molecule has 0 spiro atoms. The molecule has 1 rings (SSSR count). The molecule has 0 fully saturated rings. The number of rotatable bonds is 4. The Kier molecular flexibility index (Phi) is 4.97. The number of nitrogens with one attached hydrogen (secondary N) is 1. The van der Waals surface area contributed by atoms with E-state index in [0.717, 1.165) is 11.3 Å². The predicted molar refractivity (Wildman–Crippen MR) is 72.2 cm³/mol. The number of nitrogens with two attached hydrogens (primary N) is 1. The lowest BCUT2D eigenvalue weighted by Crippen LogP contribution is -2.36. The van der Waals surface area contributed by atoms with Crippen LogP contribution in [0, 0.1) is 12.8 Å². The van der Waals surface area contributed by atoms with Crippen LogP contribution in [0.1, 0.15) is 25.8 Å². The highest BCUT2D eigenvalue weighted by atomic mass is 35.5. The summed E-state index contributed by atoms with van der Waals surface area (Å²) in [6.07, 6.45) is 0.672. The molecule has 0 radical (unpaired) electrons. The van der Waals surface area contributed by atoms with Crippen LogP contribution in [0.25, 0.3) is 0 Å². The highest BCUT2D eigenvalue weighted by Gasteiger charge is 2.16. The first-order valence-corrected chi connectivity index (χ1v) is 6.11. The highest BCUT2D eigenvalue weighted by Crippen LogP contribution is 2.23. The van der Waals surface area contributed by atoms with Crippen molar-refractivity contribution >= 4 is 23.2 Å². The minimum Gasteiger partial charge on any atom is -0.324 e. The summed E-state index contributed by atoms with van der Waals surface area (Å²) in [5.41, 5.74) is 7.39. The van der Waals surface area contributed by atoms with Crippen LogP contribution in [0.2, 0.25) is 5.02 Å². The maximum Gasteiger partial charge on any atom is 0.241 e. The summed E-state index contributed by atoms with van der Waals surface area (Å²) in [5.74, 6) is 0.236. The van der Waals surface area contributed by atoms with Crippen molar-refractivity contribution in [3.8, 4) is 0 Å². The summed E-state index contributed by atoms with van der Waals surface area (Å²) in [6, 6.07) is 4.94. The minimum absolute atomic E-state index is 0.163. The van der Waals surface area contributed by atoms with Gasteiger partial charge < -0.3 is 11.1 Å². The van der Waals surface area contributed by atoms with Crippen molar-refractivity contribution in [2.75, 3.05) is 5.32 Å². The molecule has 3 N–H and O–H groups in total. The molecule has 17 heavy (non-hydrogen) atoms. The molecule has 3 nitrogen and oxygen atoms in total. The van der Waals surface area contributed by atoms with Crippen LogP contribution in [0.5, 0.6) is 0 Å². The Labute approximate surface area is 107 Å². The van der Waals surface area contributed by atoms with Gasteiger partial charge in [-0.3, -0.25) is 4.79 Å². The van der Waals surface area contributed by atoms with Crippen molar-refractivity contribution in [1.29, 1.82) is 0 Å². The fourth-order valence-electron chi connectivity index (χ4n) is 1.58. The molecule has 0 saturated heterocycles. The number of hydrogen-bond acceptors (Lipinski definition) is 2. The largest absolute Gasteiger partial charge is 0.324 e. The molecule has 0 aliphatic heterocycles. The molecule has 1 aromatic carbocycles. The summed E-state index contributed by atoms with van der Waals surface area (Å²) in [7, 11) is 0. The SMILES string of the molecule is Cc1c(Cl)cccc1NC(=O)C(N)CC(C)C. The van der Waals surface area contributed by atoms with E-state index in [4.69, 9.17) is 17.3 Å². The molecule has 1 atom stereocenters. The molecule has 1 aromatic rings. The Bertz CT molecular complexity index is 404. The smallest absolute Gasteiger partial charge is 0.241 e. The third kappa shape index (κ3) is 4.02. The van der Waals surface area contributed by atoms with E-state index in [1.165, 1.54) is 0 Å². The van der Waals surface area contributed by atoms with Crippen LogP contribution in [0.15, 0.2) is 18.2 Å². The van der Waals surface area contributed by atoms with Crippen molar-refractivity contribution in [2.45, 2.75) is 33.2 Å². The van der Waals surface area contributed by atoms with Gasteiger partial charge in [-0.05, 0) is 37.0 Å². The lowest BCUT2D eigenvalue weighted by atomic mass is 10.0. The monoisotopic (exact) mass is 254 g/mol. The number of halogens is 1. The zero-order valence-electron chi connectivity index (χ0n) is 10.5. The number of carbonyl (C=O) groups is 1. The fraction of sp³-hybridized carbons (Fsp3) is 0.462. The van der Waals surface area contributed by atoms with E-state index >= 15 is 0 Å². The van der Waals surface area contributed by atoms with Crippen LogP contribution in [-0.4, -0.2) is 11.9 Å². The van der Waals surface area contributed by atoms with Gasteiger partial charge in [0.25, 0.3) is 0 Å². The number of amides is 1. The molecule has 0 aliphatic rings. The molecule has 0 aromatic heterocycles. The normalized spacial score (nSPS) is 12.6. The van der Waals surface area contributed by atoms with Gasteiger partial charge in [0.15, 0.2) is 0 Å². The van der Waals surface area contributed by atoms with Gasteiger partial charge in [-0.2, -0.15) is 0 Å². The van der Waals surface area contributed by atoms with E-state index in [1.807, 2.05) is 26.8 Å². The van der Waals surface area contributed by atoms with Gasteiger partial charge >= 0.3 is 0 Å². The zero-order valence-corrected chi connectivity index (χ0v) is 11.2. The van der Waals surface area contributed by atoms with Crippen LogP contribution >= 0.6 is 11.6 Å². The van der Waals surface area contributed by atoms with Crippen LogP contribution in [0.3, 0.4) is 0 Å². The van der Waals surface area contributed by atoms with E-state index in [2.05, 4.69) is 5.32 Å². The summed E-state index contributed by atoms with van der Waals surface area (Å²) < 4.78 is 0. The second kappa shape index (κ2) is 6.03. The summed E-state index contributed by atoms with van der Waals surface area (Å²) in [6.45, 7) is 5.95. The van der Waals surface area contributed by atoms with Crippen molar-refractivity contribution in [3.63, 3.8) is 0 Å². The third-order valence-corrected chi connectivity index (χ3v) is 3.00. The number of benzene rings is 1. The van der Waals surface area contributed by atoms with Gasteiger partial charge in [-0.25, -0.2) is 0 Å². The van der Waals surface area contributed by atoms with Crippen molar-refractivity contribution in [1.82, 2.24) is 0 Å². The summed E-state index contributed by atoms with van der Waals surface area (Å²) >= 11 is 5.98. The second-order valence-electron chi connectivity index (χ2n) is 4.64. The van der Waals surface area contributed by atoms with Gasteiger partial charge in [0, 0.05) is 10.7 Å². The standard InChI is InChI=1S/C13H19ClN2O/c1-8(2)7-11(15)13(17)16-12-6-4-5-10(14)9(12)3/h4-6,8,11H,7,15H2,1-3H3,(H,16,17). The molecular weight excluding hydrogens is 236 g/mol. The minimum atomic E-state index is -0.478. The Hall–Kier alpha value is -1.06. The van der Waals surface area contributed by atoms with Gasteiger partial charge in [-0.15, -0.1) is 0 Å². The van der Waals surface area contributed by atoms with Gasteiger partial charge in [0.1, 0.15) is 0 Å². The highest BCUT2D eigenvalue weighted by molar-refractivity contribution is 6.31. The lowest BCUT2D eigenvalue weighted by molar-refractivity contribution is -0.117. The Morgan fingerprint density at radius 1 is 1.47 bits per heavy atom. The molecule has 0 saturated carbocycles. The van der Waals surface area contributed by atoms with E-state index in [9.17, 15) is 4.79 Å². The van der Waals surface area contributed by atoms with Crippen molar-refractivity contribution < 1.29 is 4.79 Å². The molecule has 0 aliphatic carbocycles. The summed E-state index contributed by atoms with van der Waals surface area (Å²) in [4.78, 5) is 11.8. The first-order valence-electron chi connectivity index (χ1n) is 5.73. The first kappa shape index (κ1) is 14.0. The van der Waals surface area contributed by atoms with Crippen LogP contribution in [-0.2, 0) is 4.79 Å². The number of carbonyl (C=O) groups excluding carboxylic acids is 1. The van der Waals surface area contributed by atoms with E-state index in [1.54, 1.807) is 12.1 Å². The summed E-state index contributed by atoms with van der Waals surface area (Å²) in [5, 5.41) is 3.45. The molecule has 4 heteroatoms. The van der Waals surface area contributed by atoms with Gasteiger partial charge in [0.05, 0.1) is 6.04 Å².